The number of aromatic amines is 1. The molecule has 0 saturated carbocycles. The topological polar surface area (TPSA) is 106 Å². The highest BCUT2D eigenvalue weighted by atomic mass is 16.2. The van der Waals surface area contributed by atoms with Gasteiger partial charge in [0.1, 0.15) is 12.1 Å². The number of fused-ring (bicyclic) bond motifs is 5. The summed E-state index contributed by atoms with van der Waals surface area (Å²) in [5.74, 6) is -0.711. The average molecular weight is 578 g/mol. The second-order valence-corrected chi connectivity index (χ2v) is 12.5. The summed E-state index contributed by atoms with van der Waals surface area (Å²) in [6.07, 6.45) is 0.949. The maximum absolute atomic E-state index is 14.5. The maximum Gasteiger partial charge on any atom is 0.246 e. The summed E-state index contributed by atoms with van der Waals surface area (Å²) in [4.78, 5) is 47.4. The monoisotopic (exact) mass is 577 g/mol. The molecule has 0 spiro atoms. The molecule has 43 heavy (non-hydrogen) atoms. The lowest BCUT2D eigenvalue weighted by molar-refractivity contribution is -0.145. The molecule has 0 bridgehead atoms. The molecule has 1 saturated heterocycles. The van der Waals surface area contributed by atoms with Crippen molar-refractivity contribution in [1.82, 2.24) is 25.8 Å². The molecule has 8 heteroatoms. The van der Waals surface area contributed by atoms with Gasteiger partial charge in [-0.05, 0) is 48.6 Å². The van der Waals surface area contributed by atoms with Crippen LogP contribution in [0.15, 0.2) is 84.9 Å². The van der Waals surface area contributed by atoms with Crippen molar-refractivity contribution in [2.45, 2.75) is 63.8 Å². The zero-order chi connectivity index (χ0) is 30.3. The van der Waals surface area contributed by atoms with Gasteiger partial charge in [-0.25, -0.2) is 0 Å². The quantitative estimate of drug-likeness (QED) is 0.261. The molecule has 3 heterocycles. The zero-order valence-electron chi connectivity index (χ0n) is 25.1. The van der Waals surface area contributed by atoms with Crippen molar-refractivity contribution in [2.75, 3.05) is 7.05 Å². The molecule has 4 atom stereocenters. The number of hydrogen-bond acceptors (Lipinski definition) is 4. The molecule has 3 aromatic carbocycles. The van der Waals surface area contributed by atoms with E-state index >= 15 is 0 Å². The number of amides is 3. The summed E-state index contributed by atoms with van der Waals surface area (Å²) in [5.41, 5.74) is 4.32. The van der Waals surface area contributed by atoms with Crippen molar-refractivity contribution in [3.8, 4) is 0 Å². The molecule has 3 amide bonds. The van der Waals surface area contributed by atoms with E-state index in [1.165, 1.54) is 0 Å². The number of para-hydroxylation sites is 1. The molecule has 0 radical (unpaired) electrons. The van der Waals surface area contributed by atoms with Crippen molar-refractivity contribution in [1.29, 1.82) is 0 Å². The Morgan fingerprint density at radius 3 is 2.16 bits per heavy atom. The Morgan fingerprint density at radius 1 is 0.930 bits per heavy atom. The van der Waals surface area contributed by atoms with Gasteiger partial charge in [0.15, 0.2) is 0 Å². The van der Waals surface area contributed by atoms with E-state index < -0.39 is 23.5 Å². The normalized spacial score (nSPS) is 21.7. The van der Waals surface area contributed by atoms with Gasteiger partial charge < -0.3 is 25.8 Å². The summed E-state index contributed by atoms with van der Waals surface area (Å²) in [6, 6.07) is 25.1. The molecule has 6 rings (SSSR count). The molecule has 1 fully saturated rings. The van der Waals surface area contributed by atoms with Gasteiger partial charge in [-0.2, -0.15) is 0 Å². The Hall–Kier alpha value is -4.43. The van der Waals surface area contributed by atoms with E-state index in [0.29, 0.717) is 12.8 Å². The smallest absolute Gasteiger partial charge is 0.246 e. The molecule has 4 N–H and O–H groups in total. The average Bonchev–Trinajstić information content (AvgIpc) is 3.50. The van der Waals surface area contributed by atoms with E-state index in [1.807, 2.05) is 78.9 Å². The van der Waals surface area contributed by atoms with Crippen molar-refractivity contribution >= 4 is 28.6 Å². The van der Waals surface area contributed by atoms with Crippen LogP contribution in [0.5, 0.6) is 0 Å². The molecule has 2 aliphatic rings. The fraction of sp³-hybridized carbons (Fsp3) is 0.343. The lowest BCUT2D eigenvalue weighted by atomic mass is 9.81. The summed E-state index contributed by atoms with van der Waals surface area (Å²) in [5, 5.41) is 10.3. The SMILES string of the molecule is CNC(C)C(=O)N[C@H]1Cc2c([nH]c3ccccc23)C2CC(C)(C)C(C(=O)NC(c3ccccc3)c3ccccc3)N2C1=O. The second-order valence-electron chi connectivity index (χ2n) is 12.5. The third-order valence-electron chi connectivity index (χ3n) is 9.16. The maximum atomic E-state index is 14.5. The predicted molar refractivity (Wildman–Crippen MR) is 167 cm³/mol. The number of carbonyl (C=O) groups excluding carboxylic acids is 3. The van der Waals surface area contributed by atoms with E-state index in [0.717, 1.165) is 33.3 Å². The first-order valence-corrected chi connectivity index (χ1v) is 15.0. The first-order valence-electron chi connectivity index (χ1n) is 15.0. The van der Waals surface area contributed by atoms with E-state index in [4.69, 9.17) is 0 Å². The highest BCUT2D eigenvalue weighted by molar-refractivity contribution is 5.96. The molecule has 3 unspecified atom stereocenters. The minimum Gasteiger partial charge on any atom is -0.356 e. The highest BCUT2D eigenvalue weighted by Crippen LogP contribution is 2.50. The van der Waals surface area contributed by atoms with Crippen LogP contribution in [0.25, 0.3) is 10.9 Å². The minimum absolute atomic E-state index is 0.216. The lowest BCUT2D eigenvalue weighted by Crippen LogP contribution is -2.57. The first kappa shape index (κ1) is 28.7. The molecular formula is C35H39N5O3. The molecular weight excluding hydrogens is 538 g/mol. The molecule has 4 aromatic rings. The van der Waals surface area contributed by atoms with Gasteiger partial charge in [-0.3, -0.25) is 14.4 Å². The Morgan fingerprint density at radius 2 is 1.53 bits per heavy atom. The Bertz CT molecular complexity index is 1610. The summed E-state index contributed by atoms with van der Waals surface area (Å²) in [6.45, 7) is 5.87. The van der Waals surface area contributed by atoms with Crippen LogP contribution < -0.4 is 16.0 Å². The number of rotatable bonds is 7. The van der Waals surface area contributed by atoms with Crippen LogP contribution in [0, 0.1) is 5.41 Å². The van der Waals surface area contributed by atoms with Crippen LogP contribution in [0.4, 0.5) is 0 Å². The standard InChI is InChI=1S/C35H39N5O3/c1-21(36-4)32(41)38-27-19-25-24-17-11-12-18-26(24)37-30(25)28-20-35(2,3)31(40(28)34(27)43)33(42)39-29(22-13-7-5-8-14-22)23-15-9-6-10-16-23/h5-18,21,27-29,31,36-37H,19-20H2,1-4H3,(H,38,41)(H,39,42)/t21?,27-,28?,31?/m0/s1. The van der Waals surface area contributed by atoms with Crippen LogP contribution in [-0.4, -0.2) is 52.8 Å². The van der Waals surface area contributed by atoms with Gasteiger partial charge >= 0.3 is 0 Å². The summed E-state index contributed by atoms with van der Waals surface area (Å²) in [7, 11) is 1.71. The Kier molecular flexibility index (Phi) is 7.56. The van der Waals surface area contributed by atoms with Crippen molar-refractivity contribution in [3.63, 3.8) is 0 Å². The van der Waals surface area contributed by atoms with E-state index in [1.54, 1.807) is 18.9 Å². The molecule has 2 aliphatic heterocycles. The number of benzene rings is 3. The highest BCUT2D eigenvalue weighted by Gasteiger charge is 2.56. The van der Waals surface area contributed by atoms with Gasteiger partial charge in [0.2, 0.25) is 17.7 Å². The number of hydrogen-bond donors (Lipinski definition) is 4. The fourth-order valence-electron chi connectivity index (χ4n) is 6.88. The van der Waals surface area contributed by atoms with Gasteiger partial charge in [0, 0.05) is 23.0 Å². The van der Waals surface area contributed by atoms with Crippen LogP contribution in [0.2, 0.25) is 0 Å². The van der Waals surface area contributed by atoms with E-state index in [2.05, 4.69) is 40.8 Å². The number of H-pyrrole nitrogens is 1. The molecule has 1 aromatic heterocycles. The first-order chi connectivity index (χ1) is 20.7. The third kappa shape index (κ3) is 5.20. The van der Waals surface area contributed by atoms with Crippen LogP contribution in [0.3, 0.4) is 0 Å². The number of likely N-dealkylation sites (N-methyl/N-ethyl adjacent to an activating group) is 1. The minimum atomic E-state index is -0.811. The van der Waals surface area contributed by atoms with Gasteiger partial charge in [-0.1, -0.05) is 92.7 Å². The Balaban J connectivity index is 1.42. The zero-order valence-corrected chi connectivity index (χ0v) is 25.1. The van der Waals surface area contributed by atoms with E-state index in [-0.39, 0.29) is 29.8 Å². The third-order valence-corrected chi connectivity index (χ3v) is 9.16. The summed E-state index contributed by atoms with van der Waals surface area (Å²) >= 11 is 0. The van der Waals surface area contributed by atoms with Crippen molar-refractivity contribution in [3.05, 3.63) is 107 Å². The number of aromatic nitrogens is 1. The van der Waals surface area contributed by atoms with Gasteiger partial charge in [0.05, 0.1) is 18.1 Å². The van der Waals surface area contributed by atoms with Gasteiger partial charge in [0.25, 0.3) is 0 Å². The number of nitrogens with zero attached hydrogens (tertiary/aromatic N) is 1. The molecule has 222 valence electrons. The lowest BCUT2D eigenvalue weighted by Gasteiger charge is -2.35. The molecule has 8 nitrogen and oxygen atoms in total. The van der Waals surface area contributed by atoms with Crippen LogP contribution in [0.1, 0.15) is 61.7 Å². The Labute approximate surface area is 252 Å². The van der Waals surface area contributed by atoms with Gasteiger partial charge in [-0.15, -0.1) is 0 Å². The van der Waals surface area contributed by atoms with Crippen molar-refractivity contribution < 1.29 is 14.4 Å². The predicted octanol–water partition coefficient (Wildman–Crippen LogP) is 4.39. The number of carbonyl (C=O) groups is 3. The second kappa shape index (κ2) is 11.3. The summed E-state index contributed by atoms with van der Waals surface area (Å²) < 4.78 is 0. The van der Waals surface area contributed by atoms with E-state index in [9.17, 15) is 14.4 Å². The molecule has 0 aliphatic carbocycles. The largest absolute Gasteiger partial charge is 0.356 e. The fourth-order valence-corrected chi connectivity index (χ4v) is 6.88. The van der Waals surface area contributed by atoms with Crippen LogP contribution in [-0.2, 0) is 20.8 Å². The van der Waals surface area contributed by atoms with Crippen molar-refractivity contribution in [2.24, 2.45) is 5.41 Å². The van der Waals surface area contributed by atoms with Crippen LogP contribution >= 0.6 is 0 Å². The number of nitrogens with one attached hydrogen (secondary N) is 4.